The third kappa shape index (κ3) is 1.64. The summed E-state index contributed by atoms with van der Waals surface area (Å²) >= 11 is 0. The summed E-state index contributed by atoms with van der Waals surface area (Å²) in [6.45, 7) is 0. The minimum atomic E-state index is 0.399. The van der Waals surface area contributed by atoms with Gasteiger partial charge in [0.1, 0.15) is 0 Å². The van der Waals surface area contributed by atoms with Gasteiger partial charge in [-0.05, 0) is 12.1 Å². The Hall–Kier alpha value is -2.62. The Bertz CT molecular complexity index is 654. The summed E-state index contributed by atoms with van der Waals surface area (Å²) in [4.78, 5) is 11.2. The summed E-state index contributed by atoms with van der Waals surface area (Å²) in [5.74, 6) is 0.972. The summed E-state index contributed by atoms with van der Waals surface area (Å²) < 4.78 is 10.5. The lowest BCUT2D eigenvalue weighted by Crippen LogP contribution is -1.85. The fraction of sp³-hybridized carbons (Fsp3) is 0. The number of benzene rings is 1. The second-order valence-corrected chi connectivity index (χ2v) is 3.74. The van der Waals surface area contributed by atoms with Crippen LogP contribution in [0.3, 0.4) is 0 Å². The summed E-state index contributed by atoms with van der Waals surface area (Å²) in [6.07, 6.45) is 2.26. The molecule has 1 aromatic carbocycles. The summed E-state index contributed by atoms with van der Waals surface area (Å²) in [7, 11) is 0. The summed E-state index contributed by atoms with van der Waals surface area (Å²) in [6, 6.07) is 12.8. The number of aromatic nitrogens is 1. The van der Waals surface area contributed by atoms with Crippen molar-refractivity contribution in [1.82, 2.24) is 5.16 Å². The van der Waals surface area contributed by atoms with Crippen LogP contribution in [0.2, 0.25) is 0 Å². The zero-order valence-corrected chi connectivity index (χ0v) is 9.37. The van der Waals surface area contributed by atoms with E-state index in [4.69, 9.17) is 8.94 Å². The number of rotatable bonds is 3. The summed E-state index contributed by atoms with van der Waals surface area (Å²) in [5, 5.41) is 3.91. The van der Waals surface area contributed by atoms with Gasteiger partial charge in [-0.15, -0.1) is 0 Å². The molecule has 3 aromatic rings. The van der Waals surface area contributed by atoms with Crippen molar-refractivity contribution < 1.29 is 13.7 Å². The van der Waals surface area contributed by atoms with Crippen LogP contribution in [0.4, 0.5) is 0 Å². The number of furan rings is 1. The second-order valence-electron chi connectivity index (χ2n) is 3.74. The van der Waals surface area contributed by atoms with E-state index in [0.717, 1.165) is 11.8 Å². The SMILES string of the molecule is O=Cc1c(-c2ccco2)noc1-c1ccccc1. The van der Waals surface area contributed by atoms with Crippen LogP contribution in [-0.4, -0.2) is 11.4 Å². The minimum Gasteiger partial charge on any atom is -0.463 e. The molecule has 0 fully saturated rings. The lowest BCUT2D eigenvalue weighted by Gasteiger charge is -1.95. The van der Waals surface area contributed by atoms with Crippen molar-refractivity contribution in [3.05, 3.63) is 54.3 Å². The molecular weight excluding hydrogens is 230 g/mol. The van der Waals surface area contributed by atoms with E-state index in [1.165, 1.54) is 6.26 Å². The molecule has 0 aliphatic rings. The molecule has 0 bridgehead atoms. The van der Waals surface area contributed by atoms with Crippen molar-refractivity contribution in [3.63, 3.8) is 0 Å². The zero-order chi connectivity index (χ0) is 12.4. The van der Waals surface area contributed by atoms with Crippen molar-refractivity contribution in [1.29, 1.82) is 0 Å². The van der Waals surface area contributed by atoms with Crippen LogP contribution < -0.4 is 0 Å². The minimum absolute atomic E-state index is 0.399. The monoisotopic (exact) mass is 239 g/mol. The van der Waals surface area contributed by atoms with Crippen LogP contribution in [0, 0.1) is 0 Å². The van der Waals surface area contributed by atoms with Gasteiger partial charge in [-0.25, -0.2) is 0 Å². The molecule has 0 radical (unpaired) electrons. The number of aldehydes is 1. The van der Waals surface area contributed by atoms with Crippen LogP contribution in [0.15, 0.2) is 57.7 Å². The Kier molecular flexibility index (Phi) is 2.53. The fourth-order valence-electron chi connectivity index (χ4n) is 1.80. The van der Waals surface area contributed by atoms with Crippen LogP contribution in [-0.2, 0) is 0 Å². The molecule has 88 valence electrons. The van der Waals surface area contributed by atoms with Gasteiger partial charge in [0.2, 0.25) is 0 Å². The highest BCUT2D eigenvalue weighted by atomic mass is 16.5. The molecule has 0 saturated heterocycles. The third-order valence-corrected chi connectivity index (χ3v) is 2.64. The maximum absolute atomic E-state index is 11.2. The van der Waals surface area contributed by atoms with Crippen LogP contribution in [0.1, 0.15) is 10.4 Å². The van der Waals surface area contributed by atoms with E-state index in [-0.39, 0.29) is 0 Å². The number of carbonyl (C=O) groups is 1. The molecule has 18 heavy (non-hydrogen) atoms. The van der Waals surface area contributed by atoms with Crippen molar-refractivity contribution in [3.8, 4) is 22.8 Å². The Morgan fingerprint density at radius 2 is 1.89 bits per heavy atom. The molecule has 0 amide bonds. The van der Waals surface area contributed by atoms with E-state index in [9.17, 15) is 4.79 Å². The predicted octanol–water partition coefficient (Wildman–Crippen LogP) is 3.41. The summed E-state index contributed by atoms with van der Waals surface area (Å²) in [5.41, 5.74) is 1.63. The van der Waals surface area contributed by atoms with Gasteiger partial charge < -0.3 is 8.94 Å². The van der Waals surface area contributed by atoms with Crippen LogP contribution in [0.25, 0.3) is 22.8 Å². The molecule has 2 heterocycles. The van der Waals surface area contributed by atoms with E-state index in [0.29, 0.717) is 22.8 Å². The lowest BCUT2D eigenvalue weighted by atomic mass is 10.1. The first kappa shape index (κ1) is 10.5. The molecule has 0 unspecified atom stereocenters. The first-order chi connectivity index (χ1) is 8.90. The maximum atomic E-state index is 11.2. The molecule has 4 heteroatoms. The highest BCUT2D eigenvalue weighted by Crippen LogP contribution is 2.30. The Labute approximate surface area is 103 Å². The van der Waals surface area contributed by atoms with E-state index in [2.05, 4.69) is 5.16 Å². The normalized spacial score (nSPS) is 10.4. The molecule has 0 N–H and O–H groups in total. The van der Waals surface area contributed by atoms with E-state index < -0.39 is 0 Å². The molecule has 0 aliphatic heterocycles. The molecule has 3 rings (SSSR count). The number of hydrogen-bond acceptors (Lipinski definition) is 4. The van der Waals surface area contributed by atoms with Gasteiger partial charge >= 0.3 is 0 Å². The average molecular weight is 239 g/mol. The van der Waals surface area contributed by atoms with E-state index in [1.54, 1.807) is 12.1 Å². The molecule has 2 aromatic heterocycles. The first-order valence-corrected chi connectivity index (χ1v) is 5.44. The lowest BCUT2D eigenvalue weighted by molar-refractivity contribution is 0.112. The van der Waals surface area contributed by atoms with Crippen molar-refractivity contribution in [2.24, 2.45) is 0 Å². The van der Waals surface area contributed by atoms with Gasteiger partial charge in [0.25, 0.3) is 0 Å². The van der Waals surface area contributed by atoms with E-state index in [1.807, 2.05) is 30.3 Å². The van der Waals surface area contributed by atoms with Crippen LogP contribution >= 0.6 is 0 Å². The topological polar surface area (TPSA) is 56.2 Å². The number of carbonyl (C=O) groups excluding carboxylic acids is 1. The largest absolute Gasteiger partial charge is 0.463 e. The van der Waals surface area contributed by atoms with Crippen LogP contribution in [0.5, 0.6) is 0 Å². The second kappa shape index (κ2) is 4.33. The quantitative estimate of drug-likeness (QED) is 0.657. The van der Waals surface area contributed by atoms with Gasteiger partial charge in [-0.1, -0.05) is 35.5 Å². The maximum Gasteiger partial charge on any atom is 0.178 e. The van der Waals surface area contributed by atoms with Crippen molar-refractivity contribution in [2.45, 2.75) is 0 Å². The Morgan fingerprint density at radius 1 is 1.06 bits per heavy atom. The van der Waals surface area contributed by atoms with Gasteiger partial charge in [0.15, 0.2) is 23.5 Å². The standard InChI is InChI=1S/C14H9NO3/c16-9-11-13(12-7-4-8-17-12)15-18-14(11)10-5-2-1-3-6-10/h1-9H. The van der Waals surface area contributed by atoms with Gasteiger partial charge in [0.05, 0.1) is 11.8 Å². The smallest absolute Gasteiger partial charge is 0.178 e. The first-order valence-electron chi connectivity index (χ1n) is 5.44. The number of nitrogens with zero attached hydrogens (tertiary/aromatic N) is 1. The van der Waals surface area contributed by atoms with Crippen molar-refractivity contribution in [2.75, 3.05) is 0 Å². The molecule has 0 atom stereocenters. The molecule has 0 saturated carbocycles. The predicted molar refractivity (Wildman–Crippen MR) is 65.0 cm³/mol. The number of hydrogen-bond donors (Lipinski definition) is 0. The fourth-order valence-corrected chi connectivity index (χ4v) is 1.80. The molecular formula is C14H9NO3. The average Bonchev–Trinajstić information content (AvgIpc) is 3.08. The Morgan fingerprint density at radius 3 is 2.56 bits per heavy atom. The van der Waals surface area contributed by atoms with Gasteiger partial charge in [-0.3, -0.25) is 4.79 Å². The molecule has 4 nitrogen and oxygen atoms in total. The highest BCUT2D eigenvalue weighted by molar-refractivity contribution is 5.92. The van der Waals surface area contributed by atoms with Crippen molar-refractivity contribution >= 4 is 6.29 Å². The third-order valence-electron chi connectivity index (χ3n) is 2.64. The zero-order valence-electron chi connectivity index (χ0n) is 9.37. The van der Waals surface area contributed by atoms with Gasteiger partial charge in [-0.2, -0.15) is 0 Å². The van der Waals surface area contributed by atoms with E-state index >= 15 is 0 Å². The Balaban J connectivity index is 2.16. The highest BCUT2D eigenvalue weighted by Gasteiger charge is 2.19. The van der Waals surface area contributed by atoms with Gasteiger partial charge in [0, 0.05) is 5.56 Å². The molecule has 0 spiro atoms. The molecule has 0 aliphatic carbocycles.